The molecule has 0 aromatic rings. The number of hydrogen-bond donors (Lipinski definition) is 2. The van der Waals surface area contributed by atoms with Gasteiger partial charge >= 0.3 is 0 Å². The average molecular weight is 242 g/mol. The highest BCUT2D eigenvalue weighted by atomic mass is 16.4. The van der Waals surface area contributed by atoms with Crippen molar-refractivity contribution in [3.05, 3.63) is 0 Å². The number of piperazine rings is 1. The van der Waals surface area contributed by atoms with Crippen molar-refractivity contribution < 1.29 is 5.21 Å². The molecule has 0 bridgehead atoms. The van der Waals surface area contributed by atoms with Crippen LogP contribution >= 0.6 is 0 Å². The fourth-order valence-corrected chi connectivity index (χ4v) is 2.30. The second-order valence-electron chi connectivity index (χ2n) is 4.85. The first-order valence-corrected chi connectivity index (χ1v) is 6.60. The van der Waals surface area contributed by atoms with Crippen LogP contribution in [-0.2, 0) is 0 Å². The van der Waals surface area contributed by atoms with Gasteiger partial charge in [0.2, 0.25) is 0 Å². The second-order valence-corrected chi connectivity index (χ2v) is 4.85. The Kier molecular flexibility index (Phi) is 6.29. The van der Waals surface area contributed by atoms with Crippen molar-refractivity contribution in [1.29, 1.82) is 0 Å². The standard InChI is InChI=1S/C12H26N4O/c1-3-11(4-2)9-15-5-7-16(8-6-15)10-12(13)14-17/h11,17H,3-10H2,1-2H3,(H2,13,14). The maximum Gasteiger partial charge on any atom is 0.153 e. The molecule has 1 fully saturated rings. The first kappa shape index (κ1) is 14.3. The van der Waals surface area contributed by atoms with Crippen molar-refractivity contribution in [3.63, 3.8) is 0 Å². The second kappa shape index (κ2) is 7.50. The van der Waals surface area contributed by atoms with Gasteiger partial charge in [-0.05, 0) is 5.92 Å². The summed E-state index contributed by atoms with van der Waals surface area (Å²) in [6.45, 7) is 10.5. The Morgan fingerprint density at radius 2 is 1.71 bits per heavy atom. The van der Waals surface area contributed by atoms with Gasteiger partial charge in [-0.2, -0.15) is 0 Å². The van der Waals surface area contributed by atoms with Gasteiger partial charge in [-0.1, -0.05) is 31.8 Å². The maximum absolute atomic E-state index is 8.53. The summed E-state index contributed by atoms with van der Waals surface area (Å²) in [5.74, 6) is 1.13. The Hall–Kier alpha value is -0.810. The lowest BCUT2D eigenvalue weighted by Gasteiger charge is -2.35. The summed E-state index contributed by atoms with van der Waals surface area (Å²) in [6, 6.07) is 0. The van der Waals surface area contributed by atoms with Gasteiger partial charge in [0.15, 0.2) is 5.84 Å². The van der Waals surface area contributed by atoms with Crippen molar-refractivity contribution in [2.24, 2.45) is 16.8 Å². The van der Waals surface area contributed by atoms with Crippen LogP contribution in [0, 0.1) is 5.92 Å². The summed E-state index contributed by atoms with van der Waals surface area (Å²) in [5, 5.41) is 11.5. The molecule has 100 valence electrons. The smallest absolute Gasteiger partial charge is 0.153 e. The van der Waals surface area contributed by atoms with Crippen molar-refractivity contribution in [3.8, 4) is 0 Å². The summed E-state index contributed by atoms with van der Waals surface area (Å²) in [4.78, 5) is 4.76. The zero-order chi connectivity index (χ0) is 12.7. The molecule has 1 saturated heterocycles. The highest BCUT2D eigenvalue weighted by molar-refractivity contribution is 5.81. The van der Waals surface area contributed by atoms with E-state index in [9.17, 15) is 0 Å². The first-order valence-electron chi connectivity index (χ1n) is 6.60. The van der Waals surface area contributed by atoms with Crippen LogP contribution in [0.2, 0.25) is 0 Å². The van der Waals surface area contributed by atoms with Gasteiger partial charge in [-0.3, -0.25) is 4.90 Å². The predicted octanol–water partition coefficient (Wildman–Crippen LogP) is 0.787. The summed E-state index contributed by atoms with van der Waals surface area (Å²) < 4.78 is 0. The quantitative estimate of drug-likeness (QED) is 0.313. The van der Waals surface area contributed by atoms with E-state index in [-0.39, 0.29) is 0 Å². The zero-order valence-electron chi connectivity index (χ0n) is 11.1. The van der Waals surface area contributed by atoms with Gasteiger partial charge in [0.25, 0.3) is 0 Å². The number of amidine groups is 1. The molecule has 0 radical (unpaired) electrons. The highest BCUT2D eigenvalue weighted by Gasteiger charge is 2.19. The highest BCUT2D eigenvalue weighted by Crippen LogP contribution is 2.11. The predicted molar refractivity (Wildman–Crippen MR) is 70.4 cm³/mol. The Bertz CT molecular complexity index is 233. The fraction of sp³-hybridized carbons (Fsp3) is 0.917. The Labute approximate surface area is 104 Å². The lowest BCUT2D eigenvalue weighted by atomic mass is 10.0. The van der Waals surface area contributed by atoms with Crippen LogP contribution in [0.5, 0.6) is 0 Å². The van der Waals surface area contributed by atoms with E-state index in [1.165, 1.54) is 19.4 Å². The first-order chi connectivity index (χ1) is 8.19. The number of nitrogens with two attached hydrogens (primary N) is 1. The molecule has 0 atom stereocenters. The van der Waals surface area contributed by atoms with Crippen LogP contribution in [-0.4, -0.2) is 60.1 Å². The monoisotopic (exact) mass is 242 g/mol. The van der Waals surface area contributed by atoms with Crippen LogP contribution in [0.15, 0.2) is 5.16 Å². The zero-order valence-corrected chi connectivity index (χ0v) is 11.1. The number of oxime groups is 1. The van der Waals surface area contributed by atoms with Gasteiger partial charge < -0.3 is 15.8 Å². The van der Waals surface area contributed by atoms with Crippen LogP contribution in [0.4, 0.5) is 0 Å². The molecular weight excluding hydrogens is 216 g/mol. The molecule has 0 aromatic carbocycles. The van der Waals surface area contributed by atoms with Crippen LogP contribution < -0.4 is 5.73 Å². The molecule has 0 amide bonds. The molecule has 1 heterocycles. The lowest BCUT2D eigenvalue weighted by molar-refractivity contribution is 0.126. The van der Waals surface area contributed by atoms with E-state index in [1.54, 1.807) is 0 Å². The Balaban J connectivity index is 2.26. The van der Waals surface area contributed by atoms with E-state index in [4.69, 9.17) is 10.9 Å². The minimum Gasteiger partial charge on any atom is -0.409 e. The third-order valence-electron chi connectivity index (χ3n) is 3.65. The van der Waals surface area contributed by atoms with Crippen LogP contribution in [0.1, 0.15) is 26.7 Å². The van der Waals surface area contributed by atoms with E-state index in [1.807, 2.05) is 0 Å². The van der Waals surface area contributed by atoms with Crippen molar-refractivity contribution in [2.75, 3.05) is 39.3 Å². The average Bonchev–Trinajstić information content (AvgIpc) is 2.37. The minimum atomic E-state index is 0.304. The molecule has 1 aliphatic rings. The molecule has 0 spiro atoms. The number of rotatable bonds is 6. The molecule has 0 saturated carbocycles. The Morgan fingerprint density at radius 3 is 2.18 bits per heavy atom. The van der Waals surface area contributed by atoms with Crippen LogP contribution in [0.3, 0.4) is 0 Å². The van der Waals surface area contributed by atoms with Crippen molar-refractivity contribution in [2.45, 2.75) is 26.7 Å². The molecule has 5 nitrogen and oxygen atoms in total. The molecule has 5 heteroatoms. The summed E-state index contributed by atoms with van der Waals surface area (Å²) in [6.07, 6.45) is 2.53. The maximum atomic E-state index is 8.53. The third-order valence-corrected chi connectivity index (χ3v) is 3.65. The van der Waals surface area contributed by atoms with E-state index >= 15 is 0 Å². The van der Waals surface area contributed by atoms with E-state index in [2.05, 4.69) is 28.8 Å². The van der Waals surface area contributed by atoms with E-state index < -0.39 is 0 Å². The topological polar surface area (TPSA) is 65.1 Å². The molecule has 1 rings (SSSR count). The van der Waals surface area contributed by atoms with E-state index in [0.29, 0.717) is 12.4 Å². The molecule has 17 heavy (non-hydrogen) atoms. The molecular formula is C12H26N4O. The third kappa shape index (κ3) is 4.91. The van der Waals surface area contributed by atoms with Gasteiger partial charge in [-0.25, -0.2) is 0 Å². The molecule has 1 aliphatic heterocycles. The largest absolute Gasteiger partial charge is 0.409 e. The van der Waals surface area contributed by atoms with E-state index in [0.717, 1.165) is 32.1 Å². The summed E-state index contributed by atoms with van der Waals surface area (Å²) >= 11 is 0. The SMILES string of the molecule is CCC(CC)CN1CCN(CC(N)=NO)CC1. The minimum absolute atomic E-state index is 0.304. The fourth-order valence-electron chi connectivity index (χ4n) is 2.30. The molecule has 0 unspecified atom stereocenters. The number of nitrogens with zero attached hydrogens (tertiary/aromatic N) is 3. The van der Waals surface area contributed by atoms with Gasteiger partial charge in [-0.15, -0.1) is 0 Å². The van der Waals surface area contributed by atoms with Gasteiger partial charge in [0.1, 0.15) is 0 Å². The van der Waals surface area contributed by atoms with Crippen LogP contribution in [0.25, 0.3) is 0 Å². The molecule has 3 N–H and O–H groups in total. The van der Waals surface area contributed by atoms with Gasteiger partial charge in [0, 0.05) is 32.7 Å². The lowest BCUT2D eigenvalue weighted by Crippen LogP contribution is -2.49. The van der Waals surface area contributed by atoms with Crippen molar-refractivity contribution >= 4 is 5.84 Å². The number of hydrogen-bond acceptors (Lipinski definition) is 4. The normalized spacial score (nSPS) is 20.1. The van der Waals surface area contributed by atoms with Gasteiger partial charge in [0.05, 0.1) is 6.54 Å². The molecule has 0 aliphatic carbocycles. The summed E-state index contributed by atoms with van der Waals surface area (Å²) in [7, 11) is 0. The van der Waals surface area contributed by atoms with Crippen molar-refractivity contribution in [1.82, 2.24) is 9.80 Å². The Morgan fingerprint density at radius 1 is 1.18 bits per heavy atom. The summed E-state index contributed by atoms with van der Waals surface area (Å²) in [5.41, 5.74) is 5.51. The molecule has 0 aromatic heterocycles.